The van der Waals surface area contributed by atoms with E-state index >= 15 is 0 Å². The van der Waals surface area contributed by atoms with Crippen molar-refractivity contribution < 1.29 is 0 Å². The predicted octanol–water partition coefficient (Wildman–Crippen LogP) is 5.68. The molecule has 0 nitrogen and oxygen atoms in total. The minimum atomic E-state index is -1.59. The van der Waals surface area contributed by atoms with Crippen LogP contribution in [0.25, 0.3) is 9.75 Å². The Morgan fingerprint density at radius 1 is 0.944 bits per heavy atom. The Bertz CT molecular complexity index is 554. The first-order valence-corrected chi connectivity index (χ1v) is 16.2. The standard InChI is InChI=1S/C12H16BrClS2Si2/c1-17(2,18(3,4)14)12-8-6-10(16-12)9-5-7-11(13)15-9/h5-8H,1-4H3. The van der Waals surface area contributed by atoms with Gasteiger partial charge in [0.05, 0.1) is 3.79 Å². The second kappa shape index (κ2) is 5.18. The van der Waals surface area contributed by atoms with Gasteiger partial charge in [-0.3, -0.25) is 0 Å². The Balaban J connectivity index is 2.37. The fraction of sp³-hybridized carbons (Fsp3) is 0.333. The molecule has 0 fully saturated rings. The van der Waals surface area contributed by atoms with Gasteiger partial charge in [-0.05, 0) is 38.6 Å². The molecule has 0 saturated heterocycles. The van der Waals surface area contributed by atoms with Crippen molar-refractivity contribution in [1.29, 1.82) is 0 Å². The molecule has 0 unspecified atom stereocenters. The van der Waals surface area contributed by atoms with Crippen LogP contribution >= 0.6 is 49.7 Å². The summed E-state index contributed by atoms with van der Waals surface area (Å²) in [5.74, 6) is 0. The molecule has 0 amide bonds. The van der Waals surface area contributed by atoms with Crippen LogP contribution in [-0.2, 0) is 0 Å². The van der Waals surface area contributed by atoms with E-state index in [2.05, 4.69) is 66.4 Å². The summed E-state index contributed by atoms with van der Waals surface area (Å²) in [6.07, 6.45) is 0. The zero-order valence-electron chi connectivity index (χ0n) is 10.9. The number of rotatable bonds is 3. The van der Waals surface area contributed by atoms with Crippen LogP contribution in [0.15, 0.2) is 28.1 Å². The van der Waals surface area contributed by atoms with Gasteiger partial charge >= 0.3 is 0 Å². The van der Waals surface area contributed by atoms with Crippen LogP contribution < -0.4 is 4.50 Å². The van der Waals surface area contributed by atoms with Crippen LogP contribution in [0, 0.1) is 0 Å². The molecule has 0 aromatic carbocycles. The van der Waals surface area contributed by atoms with E-state index in [0.717, 1.165) is 0 Å². The average Bonchev–Trinajstić information content (AvgIpc) is 2.83. The van der Waals surface area contributed by atoms with Crippen LogP contribution in [0.2, 0.25) is 26.2 Å². The Morgan fingerprint density at radius 2 is 1.50 bits per heavy atom. The highest BCUT2D eigenvalue weighted by molar-refractivity contribution is 9.11. The van der Waals surface area contributed by atoms with Gasteiger partial charge in [-0.15, -0.1) is 22.7 Å². The molecule has 18 heavy (non-hydrogen) atoms. The lowest BCUT2D eigenvalue weighted by Gasteiger charge is -2.31. The third kappa shape index (κ3) is 2.86. The van der Waals surface area contributed by atoms with Gasteiger partial charge in [0.25, 0.3) is 0 Å². The van der Waals surface area contributed by atoms with Gasteiger partial charge in [0.2, 0.25) is 0 Å². The van der Waals surface area contributed by atoms with Crippen molar-refractivity contribution in [3.05, 3.63) is 28.1 Å². The zero-order valence-corrected chi connectivity index (χ0v) is 16.9. The Morgan fingerprint density at radius 3 is 2.00 bits per heavy atom. The highest BCUT2D eigenvalue weighted by atomic mass is 79.9. The maximum absolute atomic E-state index is 6.72. The van der Waals surface area contributed by atoms with Crippen molar-refractivity contribution in [3.8, 4) is 9.75 Å². The maximum atomic E-state index is 6.72. The molecule has 0 atom stereocenters. The molecular weight excluding hydrogens is 380 g/mol. The fourth-order valence-electron chi connectivity index (χ4n) is 1.55. The van der Waals surface area contributed by atoms with E-state index in [9.17, 15) is 0 Å². The smallest absolute Gasteiger partial charge is 0.147 e. The van der Waals surface area contributed by atoms with E-state index in [0.29, 0.717) is 0 Å². The first-order valence-electron chi connectivity index (χ1n) is 5.77. The average molecular weight is 396 g/mol. The Labute approximate surface area is 132 Å². The van der Waals surface area contributed by atoms with Gasteiger partial charge < -0.3 is 0 Å². The van der Waals surface area contributed by atoms with Crippen LogP contribution in [0.1, 0.15) is 0 Å². The highest BCUT2D eigenvalue weighted by Gasteiger charge is 2.42. The minimum absolute atomic E-state index is 1.19. The highest BCUT2D eigenvalue weighted by Crippen LogP contribution is 2.35. The molecule has 0 aliphatic heterocycles. The molecule has 2 aromatic rings. The molecule has 6 heteroatoms. The second-order valence-electron chi connectivity index (χ2n) is 5.37. The Kier molecular flexibility index (Phi) is 4.32. The SMILES string of the molecule is C[Si](C)(Cl)[Si](C)(C)c1ccc(-c2ccc(Br)s2)s1. The Hall–Kier alpha value is 0.604. The van der Waals surface area contributed by atoms with Crippen LogP contribution in [0.3, 0.4) is 0 Å². The van der Waals surface area contributed by atoms with E-state index in [1.165, 1.54) is 18.0 Å². The van der Waals surface area contributed by atoms with Crippen LogP contribution in [-0.4, -0.2) is 14.5 Å². The third-order valence-electron chi connectivity index (χ3n) is 3.52. The molecule has 0 aliphatic carbocycles. The summed E-state index contributed by atoms with van der Waals surface area (Å²) in [6.45, 7) is 7.78. The van der Waals surface area contributed by atoms with E-state index < -0.39 is 14.5 Å². The van der Waals surface area contributed by atoms with E-state index in [1.807, 2.05) is 11.3 Å². The molecule has 0 N–H and O–H groups in total. The van der Waals surface area contributed by atoms with Crippen molar-refractivity contribution in [2.45, 2.75) is 26.2 Å². The first kappa shape index (κ1) is 15.0. The quantitative estimate of drug-likeness (QED) is 0.463. The summed E-state index contributed by atoms with van der Waals surface area (Å²) < 4.78 is 2.73. The van der Waals surface area contributed by atoms with Crippen molar-refractivity contribution in [2.75, 3.05) is 0 Å². The van der Waals surface area contributed by atoms with Crippen molar-refractivity contribution in [1.82, 2.24) is 0 Å². The minimum Gasteiger partial charge on any atom is -0.171 e. The molecule has 0 bridgehead atoms. The zero-order chi connectivity index (χ0) is 13.6. The van der Waals surface area contributed by atoms with Gasteiger partial charge in [-0.25, -0.2) is 0 Å². The molecule has 0 aliphatic rings. The lowest BCUT2D eigenvalue weighted by atomic mass is 10.4. The largest absolute Gasteiger partial charge is 0.171 e. The van der Waals surface area contributed by atoms with Crippen LogP contribution in [0.4, 0.5) is 0 Å². The molecular formula is C12H16BrClS2Si2. The normalized spacial score (nSPS) is 13.0. The number of halogens is 2. The summed E-state index contributed by atoms with van der Waals surface area (Å²) in [7, 11) is -1.47. The molecule has 98 valence electrons. The maximum Gasteiger partial charge on any atom is 0.147 e. The summed E-state index contributed by atoms with van der Waals surface area (Å²) in [5, 5.41) is 0. The summed E-state index contributed by atoms with van der Waals surface area (Å²) in [6, 6.07) is 8.85. The number of thiophene rings is 2. The molecule has 2 aromatic heterocycles. The summed E-state index contributed by atoms with van der Waals surface area (Å²) in [5.41, 5.74) is 0. The fourth-order valence-corrected chi connectivity index (χ4v) is 12.4. The van der Waals surface area contributed by atoms with E-state index in [1.54, 1.807) is 11.3 Å². The topological polar surface area (TPSA) is 0 Å². The number of hydrogen-bond acceptors (Lipinski definition) is 2. The molecule has 0 radical (unpaired) electrons. The van der Waals surface area contributed by atoms with E-state index in [4.69, 9.17) is 11.1 Å². The predicted molar refractivity (Wildman–Crippen MR) is 95.8 cm³/mol. The molecule has 0 saturated carbocycles. The lowest BCUT2D eigenvalue weighted by molar-refractivity contribution is 1.85. The summed E-state index contributed by atoms with van der Waals surface area (Å²) >= 11 is 14.0. The first-order chi connectivity index (χ1) is 8.22. The molecule has 2 rings (SSSR count). The van der Waals surface area contributed by atoms with Crippen molar-refractivity contribution in [3.63, 3.8) is 0 Å². The van der Waals surface area contributed by atoms with Gasteiger partial charge in [0.1, 0.15) is 14.5 Å². The third-order valence-corrected chi connectivity index (χ3v) is 27.0. The molecule has 0 spiro atoms. The number of hydrogen-bond donors (Lipinski definition) is 0. The van der Waals surface area contributed by atoms with E-state index in [-0.39, 0.29) is 0 Å². The monoisotopic (exact) mass is 394 g/mol. The van der Waals surface area contributed by atoms with Gasteiger partial charge in [-0.1, -0.05) is 32.3 Å². The second-order valence-corrected chi connectivity index (χ2v) is 27.3. The van der Waals surface area contributed by atoms with Gasteiger partial charge in [-0.2, -0.15) is 11.1 Å². The van der Waals surface area contributed by atoms with Crippen LogP contribution in [0.5, 0.6) is 0 Å². The van der Waals surface area contributed by atoms with Gasteiger partial charge in [0, 0.05) is 9.75 Å². The van der Waals surface area contributed by atoms with Crippen molar-refractivity contribution in [2.24, 2.45) is 0 Å². The summed E-state index contributed by atoms with van der Waals surface area (Å²) in [4.78, 5) is 2.72. The lowest BCUT2D eigenvalue weighted by Crippen LogP contribution is -2.58. The van der Waals surface area contributed by atoms with Gasteiger partial charge in [0.15, 0.2) is 0 Å². The molecule has 2 heterocycles. The van der Waals surface area contributed by atoms with Crippen molar-refractivity contribution >= 4 is 68.7 Å².